The number of ether oxygens (including phenoxy) is 1. The van der Waals surface area contributed by atoms with Crippen LogP contribution in [0, 0.1) is 0 Å². The van der Waals surface area contributed by atoms with Gasteiger partial charge in [-0.3, -0.25) is 4.79 Å². The van der Waals surface area contributed by atoms with Crippen molar-refractivity contribution in [2.75, 3.05) is 11.6 Å². The monoisotopic (exact) mass is 436 g/mol. The first kappa shape index (κ1) is 20.3. The summed E-state index contributed by atoms with van der Waals surface area (Å²) in [7, 11) is -3.33. The maximum absolute atomic E-state index is 12.2. The van der Waals surface area contributed by atoms with Gasteiger partial charge in [-0.05, 0) is 42.5 Å². The van der Waals surface area contributed by atoms with Gasteiger partial charge in [0.05, 0.1) is 17.0 Å². The minimum absolute atomic E-state index is 0.0839. The number of hydrogen-bond donors (Lipinski definition) is 1. The lowest BCUT2D eigenvalue weighted by Crippen LogP contribution is -2.15. The highest BCUT2D eigenvalue weighted by Gasteiger charge is 2.11. The van der Waals surface area contributed by atoms with Gasteiger partial charge in [0.1, 0.15) is 17.4 Å². The zero-order valence-corrected chi connectivity index (χ0v) is 17.3. The fourth-order valence-electron chi connectivity index (χ4n) is 2.35. The van der Waals surface area contributed by atoms with Crippen LogP contribution in [0.15, 0.2) is 58.8 Å². The molecule has 2 aromatic carbocycles. The van der Waals surface area contributed by atoms with E-state index in [1.807, 2.05) is 0 Å². The number of amides is 1. The molecular weight excluding hydrogens is 420 g/mol. The van der Waals surface area contributed by atoms with Crippen molar-refractivity contribution in [1.29, 1.82) is 0 Å². The van der Waals surface area contributed by atoms with Crippen LogP contribution >= 0.6 is 22.9 Å². The average molecular weight is 437 g/mol. The highest BCUT2D eigenvalue weighted by molar-refractivity contribution is 7.90. The number of nitrogens with one attached hydrogen (secondary N) is 1. The summed E-state index contributed by atoms with van der Waals surface area (Å²) in [5.74, 6) is 0.408. The van der Waals surface area contributed by atoms with E-state index < -0.39 is 9.84 Å². The lowest BCUT2D eigenvalue weighted by Gasteiger charge is -2.06. The van der Waals surface area contributed by atoms with Crippen molar-refractivity contribution in [3.8, 4) is 5.75 Å². The summed E-state index contributed by atoms with van der Waals surface area (Å²) in [6.07, 6.45) is 1.21. The molecule has 0 saturated carbocycles. The number of halogens is 1. The molecule has 0 aliphatic rings. The van der Waals surface area contributed by atoms with Crippen molar-refractivity contribution < 1.29 is 17.9 Å². The van der Waals surface area contributed by atoms with Gasteiger partial charge in [-0.15, -0.1) is 11.3 Å². The third-order valence-electron chi connectivity index (χ3n) is 3.66. The van der Waals surface area contributed by atoms with Crippen molar-refractivity contribution in [2.45, 2.75) is 17.9 Å². The van der Waals surface area contributed by atoms with E-state index in [1.165, 1.54) is 23.5 Å². The SMILES string of the molecule is CS(=O)(=O)c1cccc(NC(=O)Cc2csc(COc3ccc(Cl)cc3)n2)c1. The molecule has 6 nitrogen and oxygen atoms in total. The van der Waals surface area contributed by atoms with Gasteiger partial charge >= 0.3 is 0 Å². The second-order valence-corrected chi connectivity index (χ2v) is 9.39. The van der Waals surface area contributed by atoms with E-state index in [2.05, 4.69) is 10.3 Å². The van der Waals surface area contributed by atoms with E-state index in [0.29, 0.717) is 28.8 Å². The Bertz CT molecular complexity index is 1080. The second kappa shape index (κ2) is 8.72. The Morgan fingerprint density at radius 1 is 1.21 bits per heavy atom. The molecule has 0 bridgehead atoms. The quantitative estimate of drug-likeness (QED) is 0.605. The molecular formula is C19H17ClN2O4S2. The highest BCUT2D eigenvalue weighted by atomic mass is 35.5. The number of thiazole rings is 1. The zero-order valence-electron chi connectivity index (χ0n) is 14.9. The summed E-state index contributed by atoms with van der Waals surface area (Å²) in [5, 5.41) is 5.87. The fraction of sp³-hybridized carbons (Fsp3) is 0.158. The Labute approximate surface area is 172 Å². The molecule has 3 aromatic rings. The Morgan fingerprint density at radius 2 is 1.96 bits per heavy atom. The number of aromatic nitrogens is 1. The predicted molar refractivity (Wildman–Crippen MR) is 110 cm³/mol. The first-order valence-electron chi connectivity index (χ1n) is 8.21. The van der Waals surface area contributed by atoms with Crippen LogP contribution in [0.3, 0.4) is 0 Å². The fourth-order valence-corrected chi connectivity index (χ4v) is 3.84. The number of nitrogens with zero attached hydrogens (tertiary/aromatic N) is 1. The van der Waals surface area contributed by atoms with Crippen molar-refractivity contribution in [2.24, 2.45) is 0 Å². The third kappa shape index (κ3) is 5.79. The van der Waals surface area contributed by atoms with Gasteiger partial charge in [0, 0.05) is 22.3 Å². The number of rotatable bonds is 7. The third-order valence-corrected chi connectivity index (χ3v) is 5.90. The average Bonchev–Trinajstić information content (AvgIpc) is 3.08. The number of benzene rings is 2. The van der Waals surface area contributed by atoms with Crippen molar-refractivity contribution >= 4 is 44.4 Å². The number of anilines is 1. The van der Waals surface area contributed by atoms with Gasteiger partial charge in [0.25, 0.3) is 0 Å². The molecule has 146 valence electrons. The lowest BCUT2D eigenvalue weighted by atomic mass is 10.3. The van der Waals surface area contributed by atoms with E-state index in [0.717, 1.165) is 11.3 Å². The maximum Gasteiger partial charge on any atom is 0.230 e. The van der Waals surface area contributed by atoms with Crippen LogP contribution in [0.25, 0.3) is 0 Å². The molecule has 1 N–H and O–H groups in total. The molecule has 9 heteroatoms. The van der Waals surface area contributed by atoms with Crippen molar-refractivity contribution in [3.63, 3.8) is 0 Å². The van der Waals surface area contributed by atoms with E-state index in [-0.39, 0.29) is 17.2 Å². The smallest absolute Gasteiger partial charge is 0.230 e. The Kier molecular flexibility index (Phi) is 6.33. The van der Waals surface area contributed by atoms with Crippen LogP contribution in [0.5, 0.6) is 5.75 Å². The summed E-state index contributed by atoms with van der Waals surface area (Å²) < 4.78 is 28.8. The molecule has 1 amide bonds. The first-order valence-corrected chi connectivity index (χ1v) is 11.4. The van der Waals surface area contributed by atoms with Gasteiger partial charge in [-0.1, -0.05) is 17.7 Å². The standard InChI is InChI=1S/C19H17ClN2O4S2/c1-28(24,25)17-4-2-3-14(9-17)21-18(23)10-15-12-27-19(22-15)11-26-16-7-5-13(20)6-8-16/h2-9,12H,10-11H2,1H3,(H,21,23). The number of carbonyl (C=O) groups excluding carboxylic acids is 1. The van der Waals surface area contributed by atoms with Gasteiger partial charge in [0.15, 0.2) is 9.84 Å². The van der Waals surface area contributed by atoms with Crippen LogP contribution in [0.2, 0.25) is 5.02 Å². The number of sulfone groups is 1. The van der Waals surface area contributed by atoms with E-state index in [1.54, 1.807) is 41.8 Å². The molecule has 28 heavy (non-hydrogen) atoms. The zero-order chi connectivity index (χ0) is 20.1. The second-order valence-electron chi connectivity index (χ2n) is 6.00. The summed E-state index contributed by atoms with van der Waals surface area (Å²) in [6, 6.07) is 13.2. The summed E-state index contributed by atoms with van der Waals surface area (Å²) >= 11 is 7.24. The normalized spacial score (nSPS) is 11.2. The number of carbonyl (C=O) groups is 1. The molecule has 0 unspecified atom stereocenters. The molecule has 0 atom stereocenters. The summed E-state index contributed by atoms with van der Waals surface area (Å²) in [6.45, 7) is 0.296. The molecule has 0 saturated heterocycles. The molecule has 0 radical (unpaired) electrons. The molecule has 1 aromatic heterocycles. The molecule has 0 aliphatic carbocycles. The van der Waals surface area contributed by atoms with Crippen LogP contribution in [-0.4, -0.2) is 25.6 Å². The largest absolute Gasteiger partial charge is 0.486 e. The minimum Gasteiger partial charge on any atom is -0.486 e. The molecule has 0 spiro atoms. The molecule has 0 aliphatic heterocycles. The van der Waals surface area contributed by atoms with Gasteiger partial charge in [-0.25, -0.2) is 13.4 Å². The molecule has 1 heterocycles. The van der Waals surface area contributed by atoms with E-state index in [4.69, 9.17) is 16.3 Å². The van der Waals surface area contributed by atoms with E-state index in [9.17, 15) is 13.2 Å². The maximum atomic E-state index is 12.2. The summed E-state index contributed by atoms with van der Waals surface area (Å²) in [4.78, 5) is 16.8. The molecule has 3 rings (SSSR count). The minimum atomic E-state index is -3.33. The van der Waals surface area contributed by atoms with Crippen LogP contribution in [-0.2, 0) is 27.7 Å². The van der Waals surface area contributed by atoms with Crippen LogP contribution < -0.4 is 10.1 Å². The van der Waals surface area contributed by atoms with Crippen molar-refractivity contribution in [3.05, 3.63) is 69.6 Å². The van der Waals surface area contributed by atoms with Crippen LogP contribution in [0.4, 0.5) is 5.69 Å². The van der Waals surface area contributed by atoms with Crippen molar-refractivity contribution in [1.82, 2.24) is 4.98 Å². The topological polar surface area (TPSA) is 85.4 Å². The van der Waals surface area contributed by atoms with Gasteiger partial charge in [-0.2, -0.15) is 0 Å². The highest BCUT2D eigenvalue weighted by Crippen LogP contribution is 2.19. The van der Waals surface area contributed by atoms with Gasteiger partial charge < -0.3 is 10.1 Å². The Hall–Kier alpha value is -2.42. The first-order chi connectivity index (χ1) is 13.3. The predicted octanol–water partition coefficient (Wildman–Crippen LogP) is 3.96. The number of hydrogen-bond acceptors (Lipinski definition) is 6. The Morgan fingerprint density at radius 3 is 2.68 bits per heavy atom. The van der Waals surface area contributed by atoms with E-state index >= 15 is 0 Å². The lowest BCUT2D eigenvalue weighted by molar-refractivity contribution is -0.115. The van der Waals surface area contributed by atoms with Crippen LogP contribution in [0.1, 0.15) is 10.7 Å². The Balaban J connectivity index is 1.56. The summed E-state index contributed by atoms with van der Waals surface area (Å²) in [5.41, 5.74) is 1.05. The van der Waals surface area contributed by atoms with Gasteiger partial charge in [0.2, 0.25) is 5.91 Å². The molecule has 0 fully saturated rings.